The van der Waals surface area contributed by atoms with Crippen LogP contribution in [0.5, 0.6) is 5.75 Å². The lowest BCUT2D eigenvalue weighted by Gasteiger charge is -2.12. The van der Waals surface area contributed by atoms with Gasteiger partial charge in [-0.3, -0.25) is 9.36 Å². The van der Waals surface area contributed by atoms with Gasteiger partial charge in [-0.1, -0.05) is 11.3 Å². The Kier molecular flexibility index (Phi) is 4.84. The molecule has 0 radical (unpaired) electrons. The fourth-order valence-corrected chi connectivity index (χ4v) is 3.39. The molecule has 0 spiro atoms. The number of rotatable bonds is 6. The van der Waals surface area contributed by atoms with Crippen LogP contribution < -0.4 is 15.6 Å². The zero-order chi connectivity index (χ0) is 19.7. The van der Waals surface area contributed by atoms with Crippen molar-refractivity contribution in [2.75, 3.05) is 5.32 Å². The van der Waals surface area contributed by atoms with Gasteiger partial charge < -0.3 is 20.1 Å². The van der Waals surface area contributed by atoms with Crippen molar-refractivity contribution in [3.63, 3.8) is 0 Å². The van der Waals surface area contributed by atoms with Gasteiger partial charge in [-0.05, 0) is 50.2 Å². The number of H-pyrrole nitrogens is 1. The first kappa shape index (κ1) is 18.2. The predicted octanol–water partition coefficient (Wildman–Crippen LogP) is 3.06. The molecule has 144 valence electrons. The van der Waals surface area contributed by atoms with E-state index in [4.69, 9.17) is 4.74 Å². The van der Waals surface area contributed by atoms with Crippen LogP contribution in [0.2, 0.25) is 0 Å². The summed E-state index contributed by atoms with van der Waals surface area (Å²) in [5.74, 6) is 0.739. The monoisotopic (exact) mass is 397 g/mol. The van der Waals surface area contributed by atoms with Crippen molar-refractivity contribution in [1.29, 1.82) is 0 Å². The van der Waals surface area contributed by atoms with Crippen molar-refractivity contribution in [3.05, 3.63) is 64.0 Å². The molecule has 3 aromatic heterocycles. The van der Waals surface area contributed by atoms with Crippen molar-refractivity contribution >= 4 is 27.5 Å². The largest absolute Gasteiger partial charge is 0.491 e. The van der Waals surface area contributed by atoms with Gasteiger partial charge in [0.1, 0.15) is 16.9 Å². The molecule has 3 N–H and O–H groups in total. The number of aromatic amines is 1. The van der Waals surface area contributed by atoms with E-state index in [1.54, 1.807) is 22.2 Å². The summed E-state index contributed by atoms with van der Waals surface area (Å²) in [5.41, 5.74) is 3.21. The highest BCUT2D eigenvalue weighted by atomic mass is 32.1. The number of anilines is 1. The van der Waals surface area contributed by atoms with E-state index in [0.717, 1.165) is 11.1 Å². The van der Waals surface area contributed by atoms with E-state index in [2.05, 4.69) is 20.5 Å². The molecular weight excluding hydrogens is 378 g/mol. The molecule has 9 heteroatoms. The van der Waals surface area contributed by atoms with Crippen LogP contribution >= 0.6 is 11.3 Å². The molecule has 0 saturated carbocycles. The van der Waals surface area contributed by atoms with Gasteiger partial charge in [0.05, 0.1) is 17.5 Å². The number of hydrogen-bond donors (Lipinski definition) is 3. The summed E-state index contributed by atoms with van der Waals surface area (Å²) in [6, 6.07) is 12.3. The third kappa shape index (κ3) is 3.62. The Bertz CT molecular complexity index is 1130. The number of ether oxygens (including phenoxy) is 1. The Morgan fingerprint density at radius 1 is 1.21 bits per heavy atom. The number of fused-ring (bicyclic) bond motifs is 1. The molecule has 28 heavy (non-hydrogen) atoms. The second-order valence-corrected chi connectivity index (χ2v) is 7.32. The van der Waals surface area contributed by atoms with Crippen molar-refractivity contribution in [1.82, 2.24) is 19.7 Å². The van der Waals surface area contributed by atoms with E-state index < -0.39 is 6.23 Å². The van der Waals surface area contributed by atoms with Gasteiger partial charge >= 0.3 is 0 Å². The van der Waals surface area contributed by atoms with Crippen LogP contribution in [0.25, 0.3) is 16.7 Å². The minimum Gasteiger partial charge on any atom is -0.491 e. The molecule has 4 rings (SSSR count). The smallest absolute Gasteiger partial charge is 0.256 e. The summed E-state index contributed by atoms with van der Waals surface area (Å²) in [4.78, 5) is 15.7. The van der Waals surface area contributed by atoms with E-state index >= 15 is 0 Å². The average Bonchev–Trinajstić information content (AvgIpc) is 3.31. The van der Waals surface area contributed by atoms with Crippen LogP contribution in [0, 0.1) is 0 Å². The standard InChI is InChI=1S/C19H19N5O3S/c1-11(2)27-14-6-4-13(5-7-14)24-16(25)8-3-12-9-15(21-17(12)24)18(26)22-19-23-20-10-28-19/h3-11,18,21,26H,1-2H3,(H,22,23). The zero-order valence-corrected chi connectivity index (χ0v) is 16.1. The van der Waals surface area contributed by atoms with Crippen molar-refractivity contribution in [3.8, 4) is 11.4 Å². The van der Waals surface area contributed by atoms with Gasteiger partial charge in [0.2, 0.25) is 5.13 Å². The number of aromatic nitrogens is 4. The first-order valence-corrected chi connectivity index (χ1v) is 9.62. The third-order valence-electron chi connectivity index (χ3n) is 4.08. The van der Waals surface area contributed by atoms with Gasteiger partial charge in [0.25, 0.3) is 5.56 Å². The van der Waals surface area contributed by atoms with E-state index in [1.807, 2.05) is 38.1 Å². The summed E-state index contributed by atoms with van der Waals surface area (Å²) in [6.07, 6.45) is -0.935. The third-order valence-corrected chi connectivity index (χ3v) is 4.70. The molecule has 0 aliphatic rings. The van der Waals surface area contributed by atoms with E-state index in [9.17, 15) is 9.90 Å². The Morgan fingerprint density at radius 3 is 2.68 bits per heavy atom. The Labute approximate surface area is 164 Å². The molecule has 1 unspecified atom stereocenters. The van der Waals surface area contributed by atoms with Crippen molar-refractivity contribution in [2.24, 2.45) is 0 Å². The summed E-state index contributed by atoms with van der Waals surface area (Å²) in [7, 11) is 0. The number of pyridine rings is 1. The van der Waals surface area contributed by atoms with Crippen molar-refractivity contribution < 1.29 is 9.84 Å². The number of nitrogens with one attached hydrogen (secondary N) is 2. The highest BCUT2D eigenvalue weighted by Gasteiger charge is 2.15. The molecule has 0 amide bonds. The average molecular weight is 397 g/mol. The molecule has 4 aromatic rings. The summed E-state index contributed by atoms with van der Waals surface area (Å²) in [5, 5.41) is 22.2. The summed E-state index contributed by atoms with van der Waals surface area (Å²) in [6.45, 7) is 3.92. The summed E-state index contributed by atoms with van der Waals surface area (Å²) >= 11 is 1.29. The molecular formula is C19H19N5O3S. The lowest BCUT2D eigenvalue weighted by Crippen LogP contribution is -2.17. The van der Waals surface area contributed by atoms with Crippen molar-refractivity contribution in [2.45, 2.75) is 26.2 Å². The fraction of sp³-hybridized carbons (Fsp3) is 0.211. The van der Waals surface area contributed by atoms with Crippen LogP contribution in [0.4, 0.5) is 5.13 Å². The molecule has 8 nitrogen and oxygen atoms in total. The van der Waals surface area contributed by atoms with Crippen LogP contribution in [0.3, 0.4) is 0 Å². The van der Waals surface area contributed by atoms with Gasteiger partial charge in [0.15, 0.2) is 6.23 Å². The maximum atomic E-state index is 12.5. The van der Waals surface area contributed by atoms with E-state index in [1.165, 1.54) is 17.4 Å². The van der Waals surface area contributed by atoms with Crippen LogP contribution in [0.1, 0.15) is 25.8 Å². The Balaban J connectivity index is 1.71. The van der Waals surface area contributed by atoms with Gasteiger partial charge in [0, 0.05) is 11.5 Å². The fourth-order valence-electron chi connectivity index (χ4n) is 2.92. The molecule has 0 aliphatic heterocycles. The highest BCUT2D eigenvalue weighted by Crippen LogP contribution is 2.24. The maximum absolute atomic E-state index is 12.5. The SMILES string of the molecule is CC(C)Oc1ccc(-n2c(=O)ccc3cc(C(O)Nc4nncs4)[nH]c32)cc1. The highest BCUT2D eigenvalue weighted by molar-refractivity contribution is 7.13. The quantitative estimate of drug-likeness (QED) is 0.432. The predicted molar refractivity (Wildman–Crippen MR) is 108 cm³/mol. The molecule has 0 bridgehead atoms. The van der Waals surface area contributed by atoms with Crippen LogP contribution in [0.15, 0.2) is 52.8 Å². The molecule has 3 heterocycles. The Hall–Kier alpha value is -3.17. The second kappa shape index (κ2) is 7.45. The number of nitrogens with zero attached hydrogens (tertiary/aromatic N) is 3. The van der Waals surface area contributed by atoms with Crippen LogP contribution in [-0.4, -0.2) is 31.0 Å². The lowest BCUT2D eigenvalue weighted by atomic mass is 10.2. The number of benzene rings is 1. The minimum atomic E-state index is -1.01. The first-order chi connectivity index (χ1) is 13.5. The number of aliphatic hydroxyl groups is 1. The maximum Gasteiger partial charge on any atom is 0.256 e. The number of aliphatic hydroxyl groups excluding tert-OH is 1. The lowest BCUT2D eigenvalue weighted by molar-refractivity contribution is 0.204. The van der Waals surface area contributed by atoms with E-state index in [-0.39, 0.29) is 11.7 Å². The molecule has 0 fully saturated rings. The normalized spacial score (nSPS) is 12.4. The van der Waals surface area contributed by atoms with Gasteiger partial charge in [-0.15, -0.1) is 10.2 Å². The second-order valence-electron chi connectivity index (χ2n) is 6.49. The van der Waals surface area contributed by atoms with Gasteiger partial charge in [-0.25, -0.2) is 0 Å². The molecule has 0 saturated heterocycles. The molecule has 0 aliphatic carbocycles. The summed E-state index contributed by atoms with van der Waals surface area (Å²) < 4.78 is 7.23. The molecule has 1 atom stereocenters. The molecule has 1 aromatic carbocycles. The topological polar surface area (TPSA) is 105 Å². The van der Waals surface area contributed by atoms with Gasteiger partial charge in [-0.2, -0.15) is 0 Å². The van der Waals surface area contributed by atoms with E-state index in [0.29, 0.717) is 22.2 Å². The minimum absolute atomic E-state index is 0.0741. The van der Waals surface area contributed by atoms with Crippen LogP contribution in [-0.2, 0) is 0 Å². The Morgan fingerprint density at radius 2 is 2.00 bits per heavy atom. The number of hydrogen-bond acceptors (Lipinski definition) is 7. The first-order valence-electron chi connectivity index (χ1n) is 8.74. The zero-order valence-electron chi connectivity index (χ0n) is 15.3.